The molecule has 4 rings (SSSR count). The number of para-hydroxylation sites is 1. The van der Waals surface area contributed by atoms with Crippen LogP contribution in [0.1, 0.15) is 31.2 Å². The zero-order valence-electron chi connectivity index (χ0n) is 19.5. The van der Waals surface area contributed by atoms with Gasteiger partial charge in [0, 0.05) is 18.7 Å². The lowest BCUT2D eigenvalue weighted by atomic mass is 10.1. The van der Waals surface area contributed by atoms with E-state index in [1.54, 1.807) is 4.90 Å². The van der Waals surface area contributed by atoms with Gasteiger partial charge in [-0.15, -0.1) is 0 Å². The Bertz CT molecular complexity index is 1260. The highest BCUT2D eigenvalue weighted by Gasteiger charge is 2.31. The van der Waals surface area contributed by atoms with Gasteiger partial charge in [-0.25, -0.2) is 4.39 Å². The van der Waals surface area contributed by atoms with Crippen molar-refractivity contribution in [1.82, 2.24) is 4.90 Å². The van der Waals surface area contributed by atoms with Gasteiger partial charge in [0.25, 0.3) is 5.91 Å². The summed E-state index contributed by atoms with van der Waals surface area (Å²) in [6.07, 6.45) is 4.40. The molecule has 1 aliphatic heterocycles. The quantitative estimate of drug-likeness (QED) is 0.177. The molecule has 1 N–H and O–H groups in total. The van der Waals surface area contributed by atoms with Crippen molar-refractivity contribution in [2.24, 2.45) is 0 Å². The van der Waals surface area contributed by atoms with Crippen molar-refractivity contribution in [3.63, 3.8) is 0 Å². The fraction of sp³-hybridized carbons (Fsp3) is 0.179. The predicted octanol–water partition coefficient (Wildman–Crippen LogP) is 7.02. The van der Waals surface area contributed by atoms with Crippen LogP contribution in [0, 0.1) is 5.82 Å². The molecule has 3 aromatic rings. The number of carbonyl (C=O) groups excluding carboxylic acids is 2. The van der Waals surface area contributed by atoms with E-state index >= 15 is 0 Å². The normalized spacial score (nSPS) is 14.4. The first-order valence-electron chi connectivity index (χ1n) is 11.6. The van der Waals surface area contributed by atoms with Crippen molar-refractivity contribution in [3.8, 4) is 11.5 Å². The summed E-state index contributed by atoms with van der Waals surface area (Å²) < 4.78 is 19.4. The van der Waals surface area contributed by atoms with Gasteiger partial charge in [0.2, 0.25) is 5.91 Å². The summed E-state index contributed by atoms with van der Waals surface area (Å²) in [7, 11) is 0. The van der Waals surface area contributed by atoms with E-state index in [0.29, 0.717) is 40.0 Å². The van der Waals surface area contributed by atoms with Gasteiger partial charge in [0.05, 0.1) is 4.91 Å². The third-order valence-corrected chi connectivity index (χ3v) is 6.80. The molecule has 1 aliphatic rings. The van der Waals surface area contributed by atoms with E-state index in [0.717, 1.165) is 24.2 Å². The summed E-state index contributed by atoms with van der Waals surface area (Å²) >= 11 is 6.73. The number of nitrogens with one attached hydrogen (secondary N) is 1. The van der Waals surface area contributed by atoms with Gasteiger partial charge in [0.1, 0.15) is 21.6 Å². The van der Waals surface area contributed by atoms with Crippen LogP contribution in [0.4, 0.5) is 10.1 Å². The molecule has 0 unspecified atom stereocenters. The first kappa shape index (κ1) is 25.6. The van der Waals surface area contributed by atoms with Crippen LogP contribution >= 0.6 is 24.0 Å². The van der Waals surface area contributed by atoms with Crippen molar-refractivity contribution < 1.29 is 18.7 Å². The lowest BCUT2D eigenvalue weighted by Crippen LogP contribution is -2.29. The second kappa shape index (κ2) is 12.5. The molecular weight excluding hydrogens is 495 g/mol. The Balaban J connectivity index is 1.24. The third kappa shape index (κ3) is 7.26. The minimum absolute atomic E-state index is 0.103. The SMILES string of the molecule is O=C(CCCCCN1C(=O)/C(=C/c2cccc(Oc3ccccc3)c2)SC1=S)Nc1ccc(F)cc1. The van der Waals surface area contributed by atoms with Crippen LogP contribution in [-0.2, 0) is 9.59 Å². The average Bonchev–Trinajstić information content (AvgIpc) is 3.13. The maximum absolute atomic E-state index is 13.0. The van der Waals surface area contributed by atoms with E-state index in [2.05, 4.69) is 5.32 Å². The standard InChI is InChI=1S/C28H25FN2O3S2/c29-21-13-15-22(16-14-21)30-26(32)12-5-2-6-17-31-27(33)25(36-28(31)35)19-20-8-7-11-24(18-20)34-23-9-3-1-4-10-23/h1,3-4,7-11,13-16,18-19H,2,5-6,12,17H2,(H,30,32)/b25-19-. The maximum Gasteiger partial charge on any atom is 0.266 e. The first-order chi connectivity index (χ1) is 17.5. The highest BCUT2D eigenvalue weighted by Crippen LogP contribution is 2.33. The second-order valence-electron chi connectivity index (χ2n) is 8.19. The Labute approximate surface area is 219 Å². The van der Waals surface area contributed by atoms with E-state index < -0.39 is 0 Å². The van der Waals surface area contributed by atoms with Gasteiger partial charge in [-0.3, -0.25) is 14.5 Å². The fourth-order valence-electron chi connectivity index (χ4n) is 3.63. The molecule has 8 heteroatoms. The number of hydrogen-bond donors (Lipinski definition) is 1. The molecule has 1 saturated heterocycles. The van der Waals surface area contributed by atoms with E-state index in [-0.39, 0.29) is 17.6 Å². The number of benzene rings is 3. The third-order valence-electron chi connectivity index (χ3n) is 5.42. The molecule has 0 atom stereocenters. The maximum atomic E-state index is 13.0. The number of nitrogens with zero attached hydrogens (tertiary/aromatic N) is 1. The number of unbranched alkanes of at least 4 members (excludes halogenated alkanes) is 2. The number of anilines is 1. The van der Waals surface area contributed by atoms with Crippen LogP contribution in [0.25, 0.3) is 6.08 Å². The van der Waals surface area contributed by atoms with Crippen molar-refractivity contribution in [2.75, 3.05) is 11.9 Å². The molecule has 0 aliphatic carbocycles. The second-order valence-corrected chi connectivity index (χ2v) is 9.86. The van der Waals surface area contributed by atoms with Gasteiger partial charge in [-0.05, 0) is 73.0 Å². The Morgan fingerprint density at radius 3 is 2.50 bits per heavy atom. The molecule has 0 aromatic heterocycles. The van der Waals surface area contributed by atoms with Crippen LogP contribution in [0.5, 0.6) is 11.5 Å². The molecule has 0 spiro atoms. The monoisotopic (exact) mass is 520 g/mol. The van der Waals surface area contributed by atoms with E-state index in [4.69, 9.17) is 17.0 Å². The number of halogens is 1. The molecule has 0 radical (unpaired) electrons. The average molecular weight is 521 g/mol. The Morgan fingerprint density at radius 2 is 1.72 bits per heavy atom. The topological polar surface area (TPSA) is 58.6 Å². The summed E-state index contributed by atoms with van der Waals surface area (Å²) in [5.41, 5.74) is 1.43. The van der Waals surface area contributed by atoms with Crippen molar-refractivity contribution in [3.05, 3.63) is 95.1 Å². The number of hydrogen-bond acceptors (Lipinski definition) is 5. The molecule has 184 valence electrons. The molecule has 36 heavy (non-hydrogen) atoms. The number of amides is 2. The minimum atomic E-state index is -0.343. The number of thiocarbonyl (C=S) groups is 1. The summed E-state index contributed by atoms with van der Waals surface area (Å²) in [5, 5.41) is 2.75. The number of carbonyl (C=O) groups is 2. The fourth-order valence-corrected chi connectivity index (χ4v) is 4.93. The summed E-state index contributed by atoms with van der Waals surface area (Å²) in [6.45, 7) is 0.513. The zero-order valence-corrected chi connectivity index (χ0v) is 21.1. The van der Waals surface area contributed by atoms with Gasteiger partial charge in [0.15, 0.2) is 0 Å². The van der Waals surface area contributed by atoms with Crippen molar-refractivity contribution >= 4 is 51.9 Å². The van der Waals surface area contributed by atoms with Crippen LogP contribution in [0.15, 0.2) is 83.8 Å². The Hall–Kier alpha value is -3.49. The van der Waals surface area contributed by atoms with E-state index in [1.807, 2.05) is 60.7 Å². The van der Waals surface area contributed by atoms with Crippen LogP contribution in [0.2, 0.25) is 0 Å². The van der Waals surface area contributed by atoms with Gasteiger partial charge < -0.3 is 10.1 Å². The molecule has 0 saturated carbocycles. The van der Waals surface area contributed by atoms with Gasteiger partial charge >= 0.3 is 0 Å². The zero-order chi connectivity index (χ0) is 25.3. The summed E-state index contributed by atoms with van der Waals surface area (Å²) in [5.74, 6) is 0.869. The number of rotatable bonds is 10. The highest BCUT2D eigenvalue weighted by molar-refractivity contribution is 8.26. The van der Waals surface area contributed by atoms with E-state index in [9.17, 15) is 14.0 Å². The first-order valence-corrected chi connectivity index (χ1v) is 12.8. The molecule has 3 aromatic carbocycles. The van der Waals surface area contributed by atoms with Gasteiger partial charge in [-0.1, -0.05) is 60.7 Å². The number of ether oxygens (including phenoxy) is 1. The molecule has 1 fully saturated rings. The minimum Gasteiger partial charge on any atom is -0.457 e. The summed E-state index contributed by atoms with van der Waals surface area (Å²) in [4.78, 5) is 27.2. The van der Waals surface area contributed by atoms with E-state index in [1.165, 1.54) is 36.0 Å². The lowest BCUT2D eigenvalue weighted by Gasteiger charge is -2.14. The molecule has 2 amide bonds. The molecule has 0 bridgehead atoms. The smallest absolute Gasteiger partial charge is 0.266 e. The number of thioether (sulfide) groups is 1. The highest BCUT2D eigenvalue weighted by atomic mass is 32.2. The molecular formula is C28H25FN2O3S2. The van der Waals surface area contributed by atoms with Crippen LogP contribution in [-0.4, -0.2) is 27.6 Å². The van der Waals surface area contributed by atoms with Crippen molar-refractivity contribution in [2.45, 2.75) is 25.7 Å². The molecule has 5 nitrogen and oxygen atoms in total. The Morgan fingerprint density at radius 1 is 0.972 bits per heavy atom. The predicted molar refractivity (Wildman–Crippen MR) is 146 cm³/mol. The lowest BCUT2D eigenvalue weighted by molar-refractivity contribution is -0.122. The largest absolute Gasteiger partial charge is 0.457 e. The van der Waals surface area contributed by atoms with Crippen LogP contribution < -0.4 is 10.1 Å². The van der Waals surface area contributed by atoms with Gasteiger partial charge in [-0.2, -0.15) is 0 Å². The van der Waals surface area contributed by atoms with Crippen LogP contribution in [0.3, 0.4) is 0 Å². The Kier molecular flexibility index (Phi) is 8.86. The molecule has 1 heterocycles. The summed E-state index contributed by atoms with van der Waals surface area (Å²) in [6, 6.07) is 22.8. The van der Waals surface area contributed by atoms with Crippen molar-refractivity contribution in [1.29, 1.82) is 0 Å².